The predicted molar refractivity (Wildman–Crippen MR) is 79.0 cm³/mol. The van der Waals surface area contributed by atoms with E-state index in [1.807, 2.05) is 7.05 Å². The first-order valence-electron chi connectivity index (χ1n) is 7.32. The predicted octanol–water partition coefficient (Wildman–Crippen LogP) is 1.54. The Balaban J connectivity index is 2.25. The number of hydrogen-bond donors (Lipinski definition) is 2. The molecule has 0 amide bonds. The summed E-state index contributed by atoms with van der Waals surface area (Å²) in [6.07, 6.45) is 2.67. The third-order valence-electron chi connectivity index (χ3n) is 3.51. The van der Waals surface area contributed by atoms with Gasteiger partial charge in [0.2, 0.25) is 0 Å². The number of rotatable bonds is 5. The maximum atomic E-state index is 4.26. The van der Waals surface area contributed by atoms with E-state index in [4.69, 9.17) is 0 Å². The highest BCUT2D eigenvalue weighted by Crippen LogP contribution is 2.14. The van der Waals surface area contributed by atoms with Gasteiger partial charge in [0.15, 0.2) is 5.96 Å². The van der Waals surface area contributed by atoms with Crippen LogP contribution in [0.1, 0.15) is 33.6 Å². The van der Waals surface area contributed by atoms with Gasteiger partial charge in [0.25, 0.3) is 0 Å². The van der Waals surface area contributed by atoms with Crippen LogP contribution in [0.5, 0.6) is 0 Å². The molecule has 1 saturated heterocycles. The molecule has 0 spiro atoms. The van der Waals surface area contributed by atoms with Gasteiger partial charge >= 0.3 is 0 Å². The highest BCUT2D eigenvalue weighted by Gasteiger charge is 2.18. The third-order valence-corrected chi connectivity index (χ3v) is 3.51. The highest BCUT2D eigenvalue weighted by atomic mass is 15.2. The number of likely N-dealkylation sites (tertiary alicyclic amines) is 1. The second-order valence-electron chi connectivity index (χ2n) is 5.63. The zero-order valence-electron chi connectivity index (χ0n) is 12.5. The quantitative estimate of drug-likeness (QED) is 0.577. The number of nitrogens with zero attached hydrogens (tertiary/aromatic N) is 2. The Labute approximate surface area is 112 Å². The lowest BCUT2D eigenvalue weighted by Gasteiger charge is -2.32. The summed E-state index contributed by atoms with van der Waals surface area (Å²) in [6, 6.07) is 0. The van der Waals surface area contributed by atoms with Crippen LogP contribution in [-0.4, -0.2) is 50.6 Å². The second kappa shape index (κ2) is 8.35. The molecule has 0 aromatic rings. The average molecular weight is 254 g/mol. The van der Waals surface area contributed by atoms with Crippen molar-refractivity contribution < 1.29 is 0 Å². The summed E-state index contributed by atoms with van der Waals surface area (Å²) in [4.78, 5) is 6.81. The smallest absolute Gasteiger partial charge is 0.190 e. The molecule has 1 fully saturated rings. The molecule has 4 heteroatoms. The summed E-state index contributed by atoms with van der Waals surface area (Å²) in [7, 11) is 1.84. The van der Waals surface area contributed by atoms with Gasteiger partial charge in [-0.1, -0.05) is 20.8 Å². The van der Waals surface area contributed by atoms with Crippen molar-refractivity contribution in [2.45, 2.75) is 33.6 Å². The van der Waals surface area contributed by atoms with E-state index in [0.717, 1.165) is 25.0 Å². The molecule has 1 aliphatic heterocycles. The molecule has 4 nitrogen and oxygen atoms in total. The Bertz CT molecular complexity index is 250. The molecule has 1 aliphatic rings. The van der Waals surface area contributed by atoms with E-state index in [1.165, 1.54) is 32.5 Å². The lowest BCUT2D eigenvalue weighted by Crippen LogP contribution is -2.45. The number of piperidine rings is 1. The molecule has 0 bridgehead atoms. The third kappa shape index (κ3) is 5.71. The van der Waals surface area contributed by atoms with Gasteiger partial charge in [0, 0.05) is 26.7 Å². The Morgan fingerprint density at radius 2 is 2.17 bits per heavy atom. The normalized spacial score (nSPS) is 22.3. The standard InChI is InChI=1S/C14H30N4/c1-5-18-8-6-7-13(11-18)10-17-14(15-4)16-9-12(2)3/h12-13H,5-11H2,1-4H3,(H2,15,16,17). The molecule has 0 radical (unpaired) electrons. The van der Waals surface area contributed by atoms with Crippen LogP contribution >= 0.6 is 0 Å². The van der Waals surface area contributed by atoms with Crippen molar-refractivity contribution in [2.24, 2.45) is 16.8 Å². The summed E-state index contributed by atoms with van der Waals surface area (Å²) in [5, 5.41) is 6.81. The second-order valence-corrected chi connectivity index (χ2v) is 5.63. The summed E-state index contributed by atoms with van der Waals surface area (Å²) in [5.74, 6) is 2.35. The molecule has 1 heterocycles. The number of aliphatic imine (C=N–C) groups is 1. The molecule has 1 unspecified atom stereocenters. The van der Waals surface area contributed by atoms with Gasteiger partial charge in [0.1, 0.15) is 0 Å². The van der Waals surface area contributed by atoms with Gasteiger partial charge < -0.3 is 15.5 Å². The molecule has 0 aromatic heterocycles. The Morgan fingerprint density at radius 1 is 1.39 bits per heavy atom. The van der Waals surface area contributed by atoms with Crippen LogP contribution in [-0.2, 0) is 0 Å². The summed E-state index contributed by atoms with van der Waals surface area (Å²) < 4.78 is 0. The van der Waals surface area contributed by atoms with Crippen LogP contribution in [0.15, 0.2) is 4.99 Å². The monoisotopic (exact) mass is 254 g/mol. The first kappa shape index (κ1) is 15.3. The maximum absolute atomic E-state index is 4.26. The van der Waals surface area contributed by atoms with Crippen molar-refractivity contribution in [3.8, 4) is 0 Å². The van der Waals surface area contributed by atoms with Crippen LogP contribution in [0.3, 0.4) is 0 Å². The molecule has 0 aliphatic carbocycles. The zero-order valence-corrected chi connectivity index (χ0v) is 12.5. The van der Waals surface area contributed by atoms with E-state index < -0.39 is 0 Å². The fraction of sp³-hybridized carbons (Fsp3) is 0.929. The SMILES string of the molecule is CCN1CCCC(CNC(=NC)NCC(C)C)C1. The minimum absolute atomic E-state index is 0.647. The highest BCUT2D eigenvalue weighted by molar-refractivity contribution is 5.79. The van der Waals surface area contributed by atoms with Crippen LogP contribution < -0.4 is 10.6 Å². The van der Waals surface area contributed by atoms with Crippen molar-refractivity contribution in [2.75, 3.05) is 39.8 Å². The number of hydrogen-bond acceptors (Lipinski definition) is 2. The molecule has 1 rings (SSSR count). The Morgan fingerprint density at radius 3 is 2.78 bits per heavy atom. The van der Waals surface area contributed by atoms with Crippen molar-refractivity contribution in [3.63, 3.8) is 0 Å². The molecule has 0 aromatic carbocycles. The molecular formula is C14H30N4. The van der Waals surface area contributed by atoms with Crippen molar-refractivity contribution in [1.82, 2.24) is 15.5 Å². The zero-order chi connectivity index (χ0) is 13.4. The fourth-order valence-electron chi connectivity index (χ4n) is 2.37. The maximum Gasteiger partial charge on any atom is 0.190 e. The van der Waals surface area contributed by atoms with E-state index in [2.05, 4.69) is 41.3 Å². The van der Waals surface area contributed by atoms with E-state index in [1.54, 1.807) is 0 Å². The largest absolute Gasteiger partial charge is 0.356 e. The van der Waals surface area contributed by atoms with Gasteiger partial charge in [-0.05, 0) is 37.8 Å². The lowest BCUT2D eigenvalue weighted by molar-refractivity contribution is 0.183. The van der Waals surface area contributed by atoms with Gasteiger partial charge in [-0.2, -0.15) is 0 Å². The summed E-state index contributed by atoms with van der Waals surface area (Å²) in [5.41, 5.74) is 0. The van der Waals surface area contributed by atoms with Crippen LogP contribution in [0.4, 0.5) is 0 Å². The van der Waals surface area contributed by atoms with Crippen molar-refractivity contribution in [3.05, 3.63) is 0 Å². The van der Waals surface area contributed by atoms with E-state index >= 15 is 0 Å². The van der Waals surface area contributed by atoms with Crippen LogP contribution in [0.2, 0.25) is 0 Å². The number of guanidine groups is 1. The van der Waals surface area contributed by atoms with Crippen LogP contribution in [0, 0.1) is 11.8 Å². The first-order chi connectivity index (χ1) is 8.65. The van der Waals surface area contributed by atoms with Gasteiger partial charge in [-0.3, -0.25) is 4.99 Å². The average Bonchev–Trinajstić information content (AvgIpc) is 2.39. The molecular weight excluding hydrogens is 224 g/mol. The molecule has 0 saturated carbocycles. The van der Waals surface area contributed by atoms with Crippen LogP contribution in [0.25, 0.3) is 0 Å². The molecule has 1 atom stereocenters. The van der Waals surface area contributed by atoms with Gasteiger partial charge in [-0.15, -0.1) is 0 Å². The van der Waals surface area contributed by atoms with E-state index in [-0.39, 0.29) is 0 Å². The van der Waals surface area contributed by atoms with Gasteiger partial charge in [-0.25, -0.2) is 0 Å². The minimum atomic E-state index is 0.647. The lowest BCUT2D eigenvalue weighted by atomic mass is 9.98. The van der Waals surface area contributed by atoms with Gasteiger partial charge in [0.05, 0.1) is 0 Å². The molecule has 106 valence electrons. The Kier molecular flexibility index (Phi) is 7.09. The summed E-state index contributed by atoms with van der Waals surface area (Å²) >= 11 is 0. The number of nitrogens with one attached hydrogen (secondary N) is 2. The van der Waals surface area contributed by atoms with Crippen molar-refractivity contribution in [1.29, 1.82) is 0 Å². The minimum Gasteiger partial charge on any atom is -0.356 e. The molecule has 2 N–H and O–H groups in total. The van der Waals surface area contributed by atoms with E-state index in [0.29, 0.717) is 5.92 Å². The first-order valence-corrected chi connectivity index (χ1v) is 7.32. The summed E-state index contributed by atoms with van der Waals surface area (Å²) in [6.45, 7) is 12.4. The molecule has 18 heavy (non-hydrogen) atoms. The van der Waals surface area contributed by atoms with E-state index in [9.17, 15) is 0 Å². The fourth-order valence-corrected chi connectivity index (χ4v) is 2.37. The van der Waals surface area contributed by atoms with Crippen molar-refractivity contribution >= 4 is 5.96 Å². The topological polar surface area (TPSA) is 39.7 Å². The Hall–Kier alpha value is -0.770.